The molecule has 0 saturated carbocycles. The van der Waals surface area contributed by atoms with Crippen molar-refractivity contribution in [2.45, 2.75) is 12.5 Å². The van der Waals surface area contributed by atoms with Gasteiger partial charge in [-0.05, 0) is 6.42 Å². The van der Waals surface area contributed by atoms with Crippen LogP contribution in [0.1, 0.15) is 6.42 Å². The predicted octanol–water partition coefficient (Wildman–Crippen LogP) is 0.748. The van der Waals surface area contributed by atoms with E-state index in [2.05, 4.69) is 16.5 Å². The molecular formula is C11H15N5O3. The molecule has 0 aromatic carbocycles. The molecule has 1 saturated heterocycles. The Morgan fingerprint density at radius 3 is 3.16 bits per heavy atom. The number of hydrogen-bond acceptors (Lipinski definition) is 7. The first-order valence-electron chi connectivity index (χ1n) is 5.86. The molecule has 0 radical (unpaired) electrons. The molecule has 8 heteroatoms. The van der Waals surface area contributed by atoms with Crippen molar-refractivity contribution in [3.8, 4) is 0 Å². The fraction of sp³-hybridized carbons (Fsp3) is 0.455. The molecule has 1 atom stereocenters. The number of nitrogen functional groups attached to an aromatic ring is 1. The highest BCUT2D eigenvalue weighted by atomic mass is 16.6. The van der Waals surface area contributed by atoms with Crippen LogP contribution in [0.4, 0.5) is 17.5 Å². The molecule has 1 aromatic heterocycles. The van der Waals surface area contributed by atoms with Gasteiger partial charge in [0.05, 0.1) is 17.6 Å². The first kappa shape index (κ1) is 13.2. The van der Waals surface area contributed by atoms with Crippen LogP contribution in [0, 0.1) is 10.1 Å². The molecule has 0 aliphatic carbocycles. The lowest BCUT2D eigenvalue weighted by molar-refractivity contribution is -0.384. The van der Waals surface area contributed by atoms with Crippen LogP contribution in [0.3, 0.4) is 0 Å². The highest BCUT2D eigenvalue weighted by molar-refractivity contribution is 5.54. The van der Waals surface area contributed by atoms with Gasteiger partial charge in [-0.1, -0.05) is 6.08 Å². The predicted molar refractivity (Wildman–Crippen MR) is 69.9 cm³/mol. The van der Waals surface area contributed by atoms with Gasteiger partial charge in [-0.25, -0.2) is 4.98 Å². The van der Waals surface area contributed by atoms with Crippen molar-refractivity contribution in [2.24, 2.45) is 0 Å². The van der Waals surface area contributed by atoms with Crippen LogP contribution >= 0.6 is 0 Å². The number of aromatic nitrogens is 2. The van der Waals surface area contributed by atoms with E-state index in [1.165, 1.54) is 0 Å². The van der Waals surface area contributed by atoms with Crippen molar-refractivity contribution in [1.29, 1.82) is 0 Å². The third kappa shape index (κ3) is 2.97. The Bertz CT molecular complexity index is 493. The van der Waals surface area contributed by atoms with E-state index >= 15 is 0 Å². The van der Waals surface area contributed by atoms with E-state index in [1.54, 1.807) is 6.08 Å². The summed E-state index contributed by atoms with van der Waals surface area (Å²) >= 11 is 0. The number of ether oxygens (including phenoxy) is 1. The monoisotopic (exact) mass is 265 g/mol. The highest BCUT2D eigenvalue weighted by Crippen LogP contribution is 2.23. The third-order valence-electron chi connectivity index (χ3n) is 2.86. The lowest BCUT2D eigenvalue weighted by Gasteiger charge is -2.16. The van der Waals surface area contributed by atoms with Crippen molar-refractivity contribution >= 4 is 17.5 Å². The number of anilines is 2. The minimum Gasteiger partial charge on any atom is -0.378 e. The summed E-state index contributed by atoms with van der Waals surface area (Å²) in [7, 11) is 0. The molecule has 2 heterocycles. The molecule has 1 fully saturated rings. The Hall–Kier alpha value is -2.22. The largest absolute Gasteiger partial charge is 0.378 e. The molecule has 2 N–H and O–H groups in total. The first-order chi connectivity index (χ1) is 9.11. The molecule has 0 spiro atoms. The number of nitrogens with two attached hydrogens (primary N) is 1. The molecule has 19 heavy (non-hydrogen) atoms. The summed E-state index contributed by atoms with van der Waals surface area (Å²) < 4.78 is 5.54. The molecule has 1 aliphatic heterocycles. The molecule has 0 amide bonds. The van der Waals surface area contributed by atoms with Crippen molar-refractivity contribution < 1.29 is 9.66 Å². The molecule has 1 unspecified atom stereocenters. The van der Waals surface area contributed by atoms with Gasteiger partial charge in [0.25, 0.3) is 0 Å². The molecule has 0 bridgehead atoms. The average molecular weight is 265 g/mol. The Labute approximate surface area is 110 Å². The number of nitro groups is 1. The van der Waals surface area contributed by atoms with Gasteiger partial charge in [-0.2, -0.15) is 4.98 Å². The van der Waals surface area contributed by atoms with Gasteiger partial charge in [0, 0.05) is 13.1 Å². The Morgan fingerprint density at radius 1 is 1.74 bits per heavy atom. The van der Waals surface area contributed by atoms with Gasteiger partial charge in [0.2, 0.25) is 11.8 Å². The zero-order chi connectivity index (χ0) is 13.8. The van der Waals surface area contributed by atoms with E-state index in [0.29, 0.717) is 19.1 Å². The molecule has 1 aromatic rings. The summed E-state index contributed by atoms with van der Waals surface area (Å²) in [5, 5.41) is 10.6. The van der Waals surface area contributed by atoms with Crippen molar-refractivity contribution in [2.75, 3.05) is 30.3 Å². The van der Waals surface area contributed by atoms with Gasteiger partial charge < -0.3 is 15.4 Å². The zero-order valence-electron chi connectivity index (χ0n) is 10.4. The van der Waals surface area contributed by atoms with E-state index in [0.717, 1.165) is 19.2 Å². The van der Waals surface area contributed by atoms with Gasteiger partial charge in [0.1, 0.15) is 6.20 Å². The minimum absolute atomic E-state index is 0.0954. The third-order valence-corrected chi connectivity index (χ3v) is 2.86. The second-order valence-electron chi connectivity index (χ2n) is 4.18. The van der Waals surface area contributed by atoms with Gasteiger partial charge in [0.15, 0.2) is 0 Å². The SMILES string of the molecule is C=CCOC1CCN(c2ncc([N+](=O)[O-])c(N)n2)C1. The van der Waals surface area contributed by atoms with E-state index in [9.17, 15) is 10.1 Å². The average Bonchev–Trinajstić information content (AvgIpc) is 2.84. The minimum atomic E-state index is -0.598. The number of hydrogen-bond donors (Lipinski definition) is 1. The summed E-state index contributed by atoms with van der Waals surface area (Å²) in [4.78, 5) is 19.9. The van der Waals surface area contributed by atoms with Gasteiger partial charge >= 0.3 is 5.69 Å². The van der Waals surface area contributed by atoms with E-state index in [-0.39, 0.29) is 17.6 Å². The van der Waals surface area contributed by atoms with Crippen LogP contribution in [0.5, 0.6) is 0 Å². The first-order valence-corrected chi connectivity index (χ1v) is 5.86. The quantitative estimate of drug-likeness (QED) is 0.475. The van der Waals surface area contributed by atoms with Crippen molar-refractivity contribution in [1.82, 2.24) is 9.97 Å². The Morgan fingerprint density at radius 2 is 2.53 bits per heavy atom. The maximum atomic E-state index is 10.6. The van der Waals surface area contributed by atoms with Crippen molar-refractivity contribution in [3.05, 3.63) is 29.0 Å². The molecule has 102 valence electrons. The van der Waals surface area contributed by atoms with Crippen molar-refractivity contribution in [3.63, 3.8) is 0 Å². The number of nitrogens with zero attached hydrogens (tertiary/aromatic N) is 4. The molecule has 1 aliphatic rings. The smallest absolute Gasteiger partial charge is 0.329 e. The normalized spacial score (nSPS) is 18.5. The molecule has 2 rings (SSSR count). The second-order valence-corrected chi connectivity index (χ2v) is 4.18. The van der Waals surface area contributed by atoms with Crippen LogP contribution in [0.2, 0.25) is 0 Å². The van der Waals surface area contributed by atoms with Crippen LogP contribution < -0.4 is 10.6 Å². The fourth-order valence-corrected chi connectivity index (χ4v) is 1.92. The topological polar surface area (TPSA) is 107 Å². The summed E-state index contributed by atoms with van der Waals surface area (Å²) in [5.74, 6) is 0.276. The number of rotatable bonds is 5. The Kier molecular flexibility index (Phi) is 3.91. The summed E-state index contributed by atoms with van der Waals surface area (Å²) in [6.07, 6.45) is 3.78. The fourth-order valence-electron chi connectivity index (χ4n) is 1.92. The second kappa shape index (κ2) is 5.61. The highest BCUT2D eigenvalue weighted by Gasteiger charge is 2.26. The summed E-state index contributed by atoms with van der Waals surface area (Å²) in [6, 6.07) is 0. The zero-order valence-corrected chi connectivity index (χ0v) is 10.4. The maximum Gasteiger partial charge on any atom is 0.329 e. The van der Waals surface area contributed by atoms with Gasteiger partial charge in [-0.3, -0.25) is 10.1 Å². The van der Waals surface area contributed by atoms with Crippen LogP contribution in [-0.2, 0) is 4.74 Å². The van der Waals surface area contributed by atoms with Crippen LogP contribution in [0.15, 0.2) is 18.9 Å². The molecular weight excluding hydrogens is 250 g/mol. The van der Waals surface area contributed by atoms with Crippen LogP contribution in [0.25, 0.3) is 0 Å². The van der Waals surface area contributed by atoms with Gasteiger partial charge in [-0.15, -0.1) is 6.58 Å². The van der Waals surface area contributed by atoms with Crippen LogP contribution in [-0.4, -0.2) is 40.7 Å². The standard InChI is InChI=1S/C11H15N5O3/c1-2-5-19-8-3-4-15(7-8)11-13-6-9(16(17)18)10(12)14-11/h2,6,8H,1,3-5,7H2,(H2,12,13,14). The summed E-state index contributed by atoms with van der Waals surface area (Å²) in [6.45, 7) is 5.47. The lowest BCUT2D eigenvalue weighted by atomic mass is 10.3. The molecule has 8 nitrogen and oxygen atoms in total. The Balaban J connectivity index is 2.05. The summed E-state index contributed by atoms with van der Waals surface area (Å²) in [5.41, 5.74) is 5.27. The van der Waals surface area contributed by atoms with E-state index < -0.39 is 4.92 Å². The maximum absolute atomic E-state index is 10.6. The van der Waals surface area contributed by atoms with E-state index in [1.807, 2.05) is 4.90 Å². The lowest BCUT2D eigenvalue weighted by Crippen LogP contribution is -2.25. The van der Waals surface area contributed by atoms with E-state index in [4.69, 9.17) is 10.5 Å².